The third-order valence-corrected chi connectivity index (χ3v) is 2.61. The van der Waals surface area contributed by atoms with Crippen LogP contribution in [0.5, 0.6) is 0 Å². The van der Waals surface area contributed by atoms with Gasteiger partial charge in [-0.15, -0.1) is 0 Å². The molecule has 0 aliphatic heterocycles. The van der Waals surface area contributed by atoms with Gasteiger partial charge in [-0.25, -0.2) is 0 Å². The lowest BCUT2D eigenvalue weighted by Gasteiger charge is -2.22. The first-order valence-corrected chi connectivity index (χ1v) is 6.30. The molecule has 1 aromatic rings. The van der Waals surface area contributed by atoms with Gasteiger partial charge in [0.15, 0.2) is 0 Å². The van der Waals surface area contributed by atoms with Gasteiger partial charge in [0.05, 0.1) is 0 Å². The molecule has 4 heteroatoms. The van der Waals surface area contributed by atoms with Crippen LogP contribution in [0.15, 0.2) is 28.7 Å². The Bertz CT molecular complexity index is 381. The highest BCUT2D eigenvalue weighted by atomic mass is 79.9. The van der Waals surface area contributed by atoms with Crippen LogP contribution in [0, 0.1) is 0 Å². The summed E-state index contributed by atoms with van der Waals surface area (Å²) in [5.74, 6) is -0.361. The van der Waals surface area contributed by atoms with Crippen molar-refractivity contribution in [2.24, 2.45) is 5.73 Å². The fraction of sp³-hybridized carbons (Fsp3) is 0.462. The van der Waals surface area contributed by atoms with Gasteiger partial charge < -0.3 is 10.5 Å². The second kappa shape index (κ2) is 5.65. The molecule has 0 saturated carbocycles. The Hall–Kier alpha value is -0.870. The van der Waals surface area contributed by atoms with Crippen molar-refractivity contribution < 1.29 is 9.53 Å². The molecule has 2 N–H and O–H groups in total. The molecule has 0 amide bonds. The van der Waals surface area contributed by atoms with Gasteiger partial charge >= 0.3 is 5.97 Å². The van der Waals surface area contributed by atoms with Crippen LogP contribution in [0.2, 0.25) is 0 Å². The maximum atomic E-state index is 11.7. The monoisotopic (exact) mass is 299 g/mol. The normalized spacial score (nSPS) is 13.2. The number of carbonyl (C=O) groups excluding carboxylic acids is 1. The minimum Gasteiger partial charge on any atom is -0.459 e. The number of carbonyl (C=O) groups is 1. The zero-order valence-electron chi connectivity index (χ0n) is 10.4. The Morgan fingerprint density at radius 2 is 1.88 bits per heavy atom. The van der Waals surface area contributed by atoms with E-state index in [0.717, 1.165) is 10.0 Å². The minimum atomic E-state index is -0.615. The molecule has 0 aromatic heterocycles. The molecular formula is C13H18BrNO2. The third-order valence-electron chi connectivity index (χ3n) is 2.08. The fourth-order valence-electron chi connectivity index (χ4n) is 1.34. The van der Waals surface area contributed by atoms with Crippen LogP contribution in [0.1, 0.15) is 26.3 Å². The van der Waals surface area contributed by atoms with Crippen LogP contribution in [0.25, 0.3) is 0 Å². The van der Waals surface area contributed by atoms with E-state index in [2.05, 4.69) is 15.9 Å². The molecule has 0 fully saturated rings. The van der Waals surface area contributed by atoms with E-state index in [9.17, 15) is 4.79 Å². The predicted octanol–water partition coefficient (Wildman–Crippen LogP) is 2.66. The van der Waals surface area contributed by atoms with Crippen LogP contribution >= 0.6 is 15.9 Å². The molecule has 1 aromatic carbocycles. The van der Waals surface area contributed by atoms with Gasteiger partial charge in [0.1, 0.15) is 11.6 Å². The third kappa shape index (κ3) is 5.33. The topological polar surface area (TPSA) is 52.3 Å². The Morgan fingerprint density at radius 1 is 1.35 bits per heavy atom. The first kappa shape index (κ1) is 14.2. The number of ether oxygens (including phenoxy) is 1. The summed E-state index contributed by atoms with van der Waals surface area (Å²) in [6.45, 7) is 5.49. The van der Waals surface area contributed by atoms with E-state index in [1.165, 1.54) is 0 Å². The summed E-state index contributed by atoms with van der Waals surface area (Å²) in [6, 6.07) is 7.12. The van der Waals surface area contributed by atoms with Crippen molar-refractivity contribution in [3.63, 3.8) is 0 Å². The van der Waals surface area contributed by atoms with Crippen molar-refractivity contribution in [1.29, 1.82) is 0 Å². The van der Waals surface area contributed by atoms with E-state index in [-0.39, 0.29) is 5.97 Å². The lowest BCUT2D eigenvalue weighted by Crippen LogP contribution is -2.38. The van der Waals surface area contributed by atoms with E-state index in [1.807, 2.05) is 45.0 Å². The molecule has 17 heavy (non-hydrogen) atoms. The van der Waals surface area contributed by atoms with Crippen molar-refractivity contribution in [3.05, 3.63) is 34.3 Å². The number of hydrogen-bond acceptors (Lipinski definition) is 3. The Labute approximate surface area is 110 Å². The van der Waals surface area contributed by atoms with Crippen LogP contribution < -0.4 is 5.73 Å². The van der Waals surface area contributed by atoms with E-state index in [0.29, 0.717) is 6.42 Å². The molecule has 0 aliphatic rings. The molecule has 1 rings (SSSR count). The van der Waals surface area contributed by atoms with Crippen LogP contribution in [0.3, 0.4) is 0 Å². The highest BCUT2D eigenvalue weighted by molar-refractivity contribution is 9.10. The largest absolute Gasteiger partial charge is 0.459 e. The smallest absolute Gasteiger partial charge is 0.323 e. The Morgan fingerprint density at radius 3 is 2.35 bits per heavy atom. The maximum absolute atomic E-state index is 11.7. The number of benzene rings is 1. The molecule has 0 heterocycles. The first-order chi connectivity index (χ1) is 7.78. The Kier molecular flexibility index (Phi) is 4.71. The van der Waals surface area contributed by atoms with Gasteiger partial charge in [0, 0.05) is 4.47 Å². The first-order valence-electron chi connectivity index (χ1n) is 5.51. The maximum Gasteiger partial charge on any atom is 0.323 e. The average molecular weight is 300 g/mol. The minimum absolute atomic E-state index is 0.361. The molecule has 1 atom stereocenters. The molecule has 94 valence electrons. The number of hydrogen-bond donors (Lipinski definition) is 1. The van der Waals surface area contributed by atoms with Crippen LogP contribution in [0.4, 0.5) is 0 Å². The summed E-state index contributed by atoms with van der Waals surface area (Å²) >= 11 is 3.36. The molecule has 0 radical (unpaired) electrons. The summed E-state index contributed by atoms with van der Waals surface area (Å²) in [7, 11) is 0. The van der Waals surface area contributed by atoms with Crippen molar-refractivity contribution >= 4 is 21.9 Å². The second-order valence-electron chi connectivity index (χ2n) is 4.97. The molecule has 1 unspecified atom stereocenters. The van der Waals surface area contributed by atoms with Gasteiger partial charge in [-0.05, 0) is 44.9 Å². The lowest BCUT2D eigenvalue weighted by atomic mass is 10.1. The summed E-state index contributed by atoms with van der Waals surface area (Å²) < 4.78 is 6.23. The summed E-state index contributed by atoms with van der Waals surface area (Å²) in [6.07, 6.45) is 0.488. The number of nitrogens with two attached hydrogens (primary N) is 1. The highest BCUT2D eigenvalue weighted by Crippen LogP contribution is 2.13. The van der Waals surface area contributed by atoms with E-state index in [4.69, 9.17) is 10.5 Å². The quantitative estimate of drug-likeness (QED) is 0.873. The zero-order valence-corrected chi connectivity index (χ0v) is 12.0. The Balaban J connectivity index is 2.57. The summed E-state index contributed by atoms with van der Waals surface area (Å²) in [5.41, 5.74) is 6.34. The molecule has 0 spiro atoms. The van der Waals surface area contributed by atoms with Gasteiger partial charge in [-0.3, -0.25) is 4.79 Å². The molecular weight excluding hydrogens is 282 g/mol. The molecule has 3 nitrogen and oxygen atoms in total. The van der Waals surface area contributed by atoms with Crippen molar-refractivity contribution in [3.8, 4) is 0 Å². The van der Waals surface area contributed by atoms with Gasteiger partial charge in [-0.1, -0.05) is 28.1 Å². The van der Waals surface area contributed by atoms with Crippen molar-refractivity contribution in [2.45, 2.75) is 38.8 Å². The van der Waals surface area contributed by atoms with Crippen LogP contribution in [-0.4, -0.2) is 17.6 Å². The summed E-state index contributed by atoms with van der Waals surface area (Å²) in [5, 5.41) is 0. The van der Waals surface area contributed by atoms with E-state index < -0.39 is 11.6 Å². The second-order valence-corrected chi connectivity index (χ2v) is 5.89. The van der Waals surface area contributed by atoms with Gasteiger partial charge in [0.2, 0.25) is 0 Å². The van der Waals surface area contributed by atoms with Crippen molar-refractivity contribution in [2.75, 3.05) is 0 Å². The zero-order chi connectivity index (χ0) is 13.1. The van der Waals surface area contributed by atoms with Crippen molar-refractivity contribution in [1.82, 2.24) is 0 Å². The number of halogens is 1. The number of rotatable bonds is 3. The summed E-state index contributed by atoms with van der Waals surface area (Å²) in [4.78, 5) is 11.7. The van der Waals surface area contributed by atoms with E-state index >= 15 is 0 Å². The molecule has 0 bridgehead atoms. The van der Waals surface area contributed by atoms with Gasteiger partial charge in [0.25, 0.3) is 0 Å². The molecule has 0 saturated heterocycles. The highest BCUT2D eigenvalue weighted by Gasteiger charge is 2.22. The fourth-order valence-corrected chi connectivity index (χ4v) is 1.60. The standard InChI is InChI=1S/C13H18BrNO2/c1-13(2,3)17-12(16)11(15)8-9-4-6-10(14)7-5-9/h4-7,11H,8,15H2,1-3H3. The lowest BCUT2D eigenvalue weighted by molar-refractivity contribution is -0.156. The number of esters is 1. The molecule has 0 aliphatic carbocycles. The van der Waals surface area contributed by atoms with Crippen LogP contribution in [-0.2, 0) is 16.0 Å². The SMILES string of the molecule is CC(C)(C)OC(=O)C(N)Cc1ccc(Br)cc1. The van der Waals surface area contributed by atoms with E-state index in [1.54, 1.807) is 0 Å². The average Bonchev–Trinajstić information content (AvgIpc) is 2.19. The predicted molar refractivity (Wildman–Crippen MR) is 71.7 cm³/mol. The van der Waals surface area contributed by atoms with Gasteiger partial charge in [-0.2, -0.15) is 0 Å².